The van der Waals surface area contributed by atoms with E-state index in [0.717, 1.165) is 10.5 Å². The van der Waals surface area contributed by atoms with Crippen LogP contribution in [0.2, 0.25) is 0 Å². The number of amides is 3. The average molecular weight is 381 g/mol. The van der Waals surface area contributed by atoms with Crippen LogP contribution in [0, 0.1) is 24.0 Å². The molecular weight excluding hydrogens is 362 g/mol. The van der Waals surface area contributed by atoms with Crippen LogP contribution < -0.4 is 5.32 Å². The second-order valence-corrected chi connectivity index (χ2v) is 6.67. The molecule has 2 aromatic carbocycles. The molecule has 144 valence electrons. The standard InChI is InChI=1S/C20H19N3O5/c1-12-8-9-14-15(11-12)20(26)22(19(14)25)10-4-7-18(24)21-16-5-3-6-17(13(16)2)23(27)28/h3,5-6,8-9,11H,4,7,10H2,1-2H3,(H,21,24). The van der Waals surface area contributed by atoms with E-state index in [1.165, 1.54) is 12.1 Å². The van der Waals surface area contributed by atoms with Crippen LogP contribution in [0.5, 0.6) is 0 Å². The zero-order valence-corrected chi connectivity index (χ0v) is 15.5. The smallest absolute Gasteiger partial charge is 0.274 e. The van der Waals surface area contributed by atoms with Crippen molar-refractivity contribution in [1.82, 2.24) is 4.90 Å². The molecule has 1 N–H and O–H groups in total. The zero-order valence-electron chi connectivity index (χ0n) is 15.5. The summed E-state index contributed by atoms with van der Waals surface area (Å²) in [4.78, 5) is 48.6. The van der Waals surface area contributed by atoms with E-state index >= 15 is 0 Å². The van der Waals surface area contributed by atoms with E-state index in [4.69, 9.17) is 0 Å². The molecule has 0 fully saturated rings. The fourth-order valence-electron chi connectivity index (χ4n) is 3.17. The SMILES string of the molecule is Cc1ccc2c(c1)C(=O)N(CCCC(=O)Nc1cccc([N+](=O)[O-])c1C)C2=O. The molecule has 3 amide bonds. The number of anilines is 1. The number of nitrogens with one attached hydrogen (secondary N) is 1. The Bertz CT molecular complexity index is 999. The highest BCUT2D eigenvalue weighted by molar-refractivity contribution is 6.21. The first-order valence-corrected chi connectivity index (χ1v) is 8.80. The van der Waals surface area contributed by atoms with Gasteiger partial charge in [-0.15, -0.1) is 0 Å². The second-order valence-electron chi connectivity index (χ2n) is 6.67. The molecule has 2 aromatic rings. The van der Waals surface area contributed by atoms with Gasteiger partial charge in [0.15, 0.2) is 0 Å². The van der Waals surface area contributed by atoms with E-state index in [1.807, 2.05) is 6.92 Å². The van der Waals surface area contributed by atoms with Gasteiger partial charge in [-0.2, -0.15) is 0 Å². The Morgan fingerprint density at radius 1 is 1.11 bits per heavy atom. The van der Waals surface area contributed by atoms with Gasteiger partial charge in [0.1, 0.15) is 0 Å². The summed E-state index contributed by atoms with van der Waals surface area (Å²) in [6.45, 7) is 3.54. The maximum absolute atomic E-state index is 12.4. The molecule has 0 aromatic heterocycles. The van der Waals surface area contributed by atoms with Crippen molar-refractivity contribution in [2.45, 2.75) is 26.7 Å². The molecule has 1 aliphatic heterocycles. The second kappa shape index (κ2) is 7.59. The van der Waals surface area contributed by atoms with Crippen molar-refractivity contribution in [2.75, 3.05) is 11.9 Å². The number of nitro benzene ring substituents is 1. The highest BCUT2D eigenvalue weighted by atomic mass is 16.6. The summed E-state index contributed by atoms with van der Waals surface area (Å²) in [5, 5.41) is 13.6. The number of hydrogen-bond donors (Lipinski definition) is 1. The topological polar surface area (TPSA) is 110 Å². The molecule has 28 heavy (non-hydrogen) atoms. The Morgan fingerprint density at radius 2 is 1.82 bits per heavy atom. The summed E-state index contributed by atoms with van der Waals surface area (Å²) in [6, 6.07) is 9.57. The fraction of sp³-hybridized carbons (Fsp3) is 0.250. The van der Waals surface area contributed by atoms with Crippen LogP contribution in [0.15, 0.2) is 36.4 Å². The zero-order chi connectivity index (χ0) is 20.4. The summed E-state index contributed by atoms with van der Waals surface area (Å²) in [5.74, 6) is -1.04. The Kier molecular flexibility index (Phi) is 5.21. The van der Waals surface area contributed by atoms with Crippen LogP contribution in [-0.4, -0.2) is 34.1 Å². The largest absolute Gasteiger partial charge is 0.326 e. The number of rotatable bonds is 6. The number of nitrogens with zero attached hydrogens (tertiary/aromatic N) is 2. The van der Waals surface area contributed by atoms with Crippen molar-refractivity contribution in [2.24, 2.45) is 0 Å². The predicted molar refractivity (Wildman–Crippen MR) is 102 cm³/mol. The normalized spacial score (nSPS) is 12.9. The van der Waals surface area contributed by atoms with Gasteiger partial charge in [0.05, 0.1) is 27.3 Å². The molecule has 0 radical (unpaired) electrons. The highest BCUT2D eigenvalue weighted by Crippen LogP contribution is 2.26. The molecule has 0 unspecified atom stereocenters. The third-order valence-electron chi connectivity index (χ3n) is 4.69. The number of benzene rings is 2. The summed E-state index contributed by atoms with van der Waals surface area (Å²) in [7, 11) is 0. The average Bonchev–Trinajstić information content (AvgIpc) is 2.87. The summed E-state index contributed by atoms with van der Waals surface area (Å²) in [5.41, 5.74) is 2.34. The number of imide groups is 1. The Morgan fingerprint density at radius 3 is 2.54 bits per heavy atom. The van der Waals surface area contributed by atoms with Crippen molar-refractivity contribution in [3.63, 3.8) is 0 Å². The maximum atomic E-state index is 12.4. The van der Waals surface area contributed by atoms with Crippen LogP contribution in [0.1, 0.15) is 44.7 Å². The quantitative estimate of drug-likeness (QED) is 0.469. The molecule has 3 rings (SSSR count). The third kappa shape index (κ3) is 3.62. The van der Waals surface area contributed by atoms with Gasteiger partial charge < -0.3 is 5.32 Å². The first-order valence-electron chi connectivity index (χ1n) is 8.80. The van der Waals surface area contributed by atoms with Crippen LogP contribution in [-0.2, 0) is 4.79 Å². The molecular formula is C20H19N3O5. The lowest BCUT2D eigenvalue weighted by atomic mass is 10.1. The van der Waals surface area contributed by atoms with Crippen molar-refractivity contribution in [3.05, 3.63) is 68.8 Å². The summed E-state index contributed by atoms with van der Waals surface area (Å²) in [6.07, 6.45) is 0.374. The number of carbonyl (C=O) groups excluding carboxylic acids is 3. The Hall–Kier alpha value is -3.55. The minimum Gasteiger partial charge on any atom is -0.326 e. The summed E-state index contributed by atoms with van der Waals surface area (Å²) >= 11 is 0. The number of aryl methyl sites for hydroxylation is 1. The van der Waals surface area contributed by atoms with Crippen molar-refractivity contribution < 1.29 is 19.3 Å². The molecule has 8 nitrogen and oxygen atoms in total. The minimum atomic E-state index is -0.505. The van der Waals surface area contributed by atoms with Gasteiger partial charge in [0.25, 0.3) is 17.5 Å². The lowest BCUT2D eigenvalue weighted by Gasteiger charge is -2.13. The molecule has 0 spiro atoms. The minimum absolute atomic E-state index is 0.0703. The van der Waals surface area contributed by atoms with Crippen molar-refractivity contribution in [1.29, 1.82) is 0 Å². The lowest BCUT2D eigenvalue weighted by molar-refractivity contribution is -0.385. The molecule has 1 heterocycles. The fourth-order valence-corrected chi connectivity index (χ4v) is 3.17. The molecule has 0 aliphatic carbocycles. The van der Waals surface area contributed by atoms with E-state index in [-0.39, 0.29) is 36.4 Å². The number of hydrogen-bond acceptors (Lipinski definition) is 5. The van der Waals surface area contributed by atoms with Gasteiger partial charge in [-0.05, 0) is 38.5 Å². The van der Waals surface area contributed by atoms with Crippen LogP contribution in [0.25, 0.3) is 0 Å². The van der Waals surface area contributed by atoms with Gasteiger partial charge in [-0.25, -0.2) is 0 Å². The molecule has 0 atom stereocenters. The van der Waals surface area contributed by atoms with Gasteiger partial charge in [0.2, 0.25) is 5.91 Å². The van der Waals surface area contributed by atoms with E-state index < -0.39 is 4.92 Å². The highest BCUT2D eigenvalue weighted by Gasteiger charge is 2.34. The van der Waals surface area contributed by atoms with Crippen LogP contribution in [0.4, 0.5) is 11.4 Å². The molecule has 1 aliphatic rings. The first kappa shape index (κ1) is 19.2. The number of fused-ring (bicyclic) bond motifs is 1. The monoisotopic (exact) mass is 381 g/mol. The van der Waals surface area contributed by atoms with Crippen molar-refractivity contribution in [3.8, 4) is 0 Å². The molecule has 8 heteroatoms. The van der Waals surface area contributed by atoms with Gasteiger partial charge >= 0.3 is 0 Å². The lowest BCUT2D eigenvalue weighted by Crippen LogP contribution is -2.31. The molecule has 0 saturated heterocycles. The Balaban J connectivity index is 1.58. The number of nitro groups is 1. The Labute approximate surface area is 161 Å². The summed E-state index contributed by atoms with van der Waals surface area (Å²) < 4.78 is 0. The van der Waals surface area contributed by atoms with Gasteiger partial charge in [-0.3, -0.25) is 29.4 Å². The van der Waals surface area contributed by atoms with Crippen molar-refractivity contribution >= 4 is 29.1 Å². The molecule has 0 saturated carbocycles. The predicted octanol–water partition coefficient (Wildman–Crippen LogP) is 3.23. The number of carbonyl (C=O) groups is 3. The van der Waals surface area contributed by atoms with E-state index in [9.17, 15) is 24.5 Å². The van der Waals surface area contributed by atoms with Gasteiger partial charge in [0, 0.05) is 19.0 Å². The van der Waals surface area contributed by atoms with Gasteiger partial charge in [-0.1, -0.05) is 17.7 Å². The van der Waals surface area contributed by atoms with Crippen LogP contribution >= 0.6 is 0 Å². The third-order valence-corrected chi connectivity index (χ3v) is 4.69. The van der Waals surface area contributed by atoms with E-state index in [2.05, 4.69) is 5.32 Å². The molecule has 0 bridgehead atoms. The first-order chi connectivity index (χ1) is 13.3. The van der Waals surface area contributed by atoms with E-state index in [0.29, 0.717) is 28.8 Å². The van der Waals surface area contributed by atoms with Crippen LogP contribution in [0.3, 0.4) is 0 Å². The van der Waals surface area contributed by atoms with E-state index in [1.54, 1.807) is 31.2 Å². The maximum Gasteiger partial charge on any atom is 0.274 e.